The first-order chi connectivity index (χ1) is 18.1. The lowest BCUT2D eigenvalue weighted by atomic mass is 10.1. The lowest BCUT2D eigenvalue weighted by molar-refractivity contribution is -0.139. The summed E-state index contributed by atoms with van der Waals surface area (Å²) < 4.78 is 28.7. The van der Waals surface area contributed by atoms with Gasteiger partial charge in [0.15, 0.2) is 0 Å². The van der Waals surface area contributed by atoms with Crippen molar-refractivity contribution in [2.24, 2.45) is 0 Å². The SMILES string of the molecule is CCCNC(=O)C(C)N(Cc1ccccc1Cl)C(=O)CN(c1cc(Cl)ccc1C)S(=O)(=O)c1ccccc1. The van der Waals surface area contributed by atoms with Crippen molar-refractivity contribution in [2.75, 3.05) is 17.4 Å². The molecular weight excluding hydrogens is 545 g/mol. The maximum atomic E-state index is 13.9. The Labute approximate surface area is 234 Å². The number of halogens is 2. The molecule has 3 rings (SSSR count). The highest BCUT2D eigenvalue weighted by Gasteiger charge is 2.33. The van der Waals surface area contributed by atoms with Crippen molar-refractivity contribution in [3.05, 3.63) is 94.0 Å². The van der Waals surface area contributed by atoms with Gasteiger partial charge in [-0.25, -0.2) is 8.42 Å². The second kappa shape index (κ2) is 13.1. The molecule has 202 valence electrons. The monoisotopic (exact) mass is 575 g/mol. The van der Waals surface area contributed by atoms with Gasteiger partial charge in [-0.2, -0.15) is 0 Å². The van der Waals surface area contributed by atoms with E-state index in [9.17, 15) is 18.0 Å². The molecule has 0 spiro atoms. The van der Waals surface area contributed by atoms with Crippen molar-refractivity contribution in [3.8, 4) is 0 Å². The number of hydrogen-bond donors (Lipinski definition) is 1. The van der Waals surface area contributed by atoms with Crippen molar-refractivity contribution in [1.82, 2.24) is 10.2 Å². The number of carbonyl (C=O) groups is 2. The zero-order valence-electron chi connectivity index (χ0n) is 21.5. The summed E-state index contributed by atoms with van der Waals surface area (Å²) in [6.07, 6.45) is 0.730. The highest BCUT2D eigenvalue weighted by molar-refractivity contribution is 7.92. The number of hydrogen-bond acceptors (Lipinski definition) is 4. The van der Waals surface area contributed by atoms with Gasteiger partial charge < -0.3 is 10.2 Å². The molecule has 1 unspecified atom stereocenters. The van der Waals surface area contributed by atoms with Crippen LogP contribution in [-0.4, -0.2) is 44.3 Å². The first kappa shape index (κ1) is 29.5. The molecule has 0 saturated heterocycles. The number of nitrogens with zero attached hydrogens (tertiary/aromatic N) is 2. The molecule has 0 aliphatic rings. The molecule has 0 bridgehead atoms. The van der Waals surface area contributed by atoms with Gasteiger partial charge in [0, 0.05) is 23.1 Å². The molecule has 0 aliphatic carbocycles. The third kappa shape index (κ3) is 7.07. The predicted octanol–water partition coefficient (Wildman–Crippen LogP) is 5.44. The summed E-state index contributed by atoms with van der Waals surface area (Å²) in [4.78, 5) is 28.2. The van der Waals surface area contributed by atoms with Crippen molar-refractivity contribution in [1.29, 1.82) is 0 Å². The minimum absolute atomic E-state index is 0.0208. The van der Waals surface area contributed by atoms with Crippen LogP contribution in [0.2, 0.25) is 10.0 Å². The second-order valence-electron chi connectivity index (χ2n) is 8.84. The van der Waals surface area contributed by atoms with Gasteiger partial charge in [-0.15, -0.1) is 0 Å². The summed E-state index contributed by atoms with van der Waals surface area (Å²) in [6, 6.07) is 18.9. The number of carbonyl (C=O) groups excluding carboxylic acids is 2. The number of sulfonamides is 1. The fraction of sp³-hybridized carbons (Fsp3) is 0.286. The lowest BCUT2D eigenvalue weighted by Gasteiger charge is -2.32. The van der Waals surface area contributed by atoms with E-state index in [4.69, 9.17) is 23.2 Å². The van der Waals surface area contributed by atoms with Gasteiger partial charge in [0.05, 0.1) is 10.6 Å². The van der Waals surface area contributed by atoms with E-state index < -0.39 is 28.5 Å². The number of amides is 2. The van der Waals surface area contributed by atoms with Crippen molar-refractivity contribution in [2.45, 2.75) is 44.7 Å². The number of rotatable bonds is 11. The topological polar surface area (TPSA) is 86.8 Å². The number of nitrogens with one attached hydrogen (secondary N) is 1. The van der Waals surface area contributed by atoms with Crippen LogP contribution in [0.25, 0.3) is 0 Å². The quantitative estimate of drug-likeness (QED) is 0.330. The highest BCUT2D eigenvalue weighted by Crippen LogP contribution is 2.30. The van der Waals surface area contributed by atoms with E-state index in [1.165, 1.54) is 23.1 Å². The molecule has 2 amide bonds. The maximum absolute atomic E-state index is 13.9. The molecule has 0 heterocycles. The van der Waals surface area contributed by atoms with Crippen molar-refractivity contribution >= 4 is 50.7 Å². The third-order valence-electron chi connectivity index (χ3n) is 6.07. The maximum Gasteiger partial charge on any atom is 0.264 e. The zero-order valence-corrected chi connectivity index (χ0v) is 23.9. The van der Waals surface area contributed by atoms with Crippen LogP contribution < -0.4 is 9.62 Å². The van der Waals surface area contributed by atoms with Gasteiger partial charge in [0.2, 0.25) is 11.8 Å². The molecule has 0 radical (unpaired) electrons. The molecule has 3 aromatic carbocycles. The molecular formula is C28H31Cl2N3O4S. The van der Waals surface area contributed by atoms with Crippen molar-refractivity contribution < 1.29 is 18.0 Å². The van der Waals surface area contributed by atoms with E-state index in [0.717, 1.165) is 10.7 Å². The zero-order chi connectivity index (χ0) is 27.9. The Morgan fingerprint density at radius 1 is 0.974 bits per heavy atom. The van der Waals surface area contributed by atoms with Gasteiger partial charge in [-0.1, -0.05) is 72.6 Å². The van der Waals surface area contributed by atoms with Crippen LogP contribution in [0.3, 0.4) is 0 Å². The Hall–Kier alpha value is -3.07. The normalized spacial score (nSPS) is 12.0. The molecule has 1 atom stereocenters. The molecule has 1 N–H and O–H groups in total. The van der Waals surface area contributed by atoms with Gasteiger partial charge in [-0.3, -0.25) is 13.9 Å². The van der Waals surface area contributed by atoms with E-state index in [1.54, 1.807) is 68.4 Å². The smallest absolute Gasteiger partial charge is 0.264 e. The van der Waals surface area contributed by atoms with Gasteiger partial charge in [0.1, 0.15) is 12.6 Å². The van der Waals surface area contributed by atoms with E-state index in [1.807, 2.05) is 6.92 Å². The van der Waals surface area contributed by atoms with E-state index in [0.29, 0.717) is 27.7 Å². The Morgan fingerprint density at radius 3 is 2.29 bits per heavy atom. The Bertz CT molecular complexity index is 1380. The number of aryl methyl sites for hydroxylation is 1. The first-order valence-corrected chi connectivity index (χ1v) is 14.4. The van der Waals surface area contributed by atoms with Crippen LogP contribution >= 0.6 is 23.2 Å². The van der Waals surface area contributed by atoms with Crippen LogP contribution in [0.4, 0.5) is 5.69 Å². The molecule has 0 aromatic heterocycles. The summed E-state index contributed by atoms with van der Waals surface area (Å²) in [5.74, 6) is -0.911. The molecule has 0 aliphatic heterocycles. The Balaban J connectivity index is 2.06. The predicted molar refractivity (Wildman–Crippen MR) is 152 cm³/mol. The minimum atomic E-state index is -4.16. The summed E-state index contributed by atoms with van der Waals surface area (Å²) in [7, 11) is -4.16. The second-order valence-corrected chi connectivity index (χ2v) is 11.5. The number of anilines is 1. The Morgan fingerprint density at radius 2 is 1.63 bits per heavy atom. The molecule has 7 nitrogen and oxygen atoms in total. The summed E-state index contributed by atoms with van der Waals surface area (Å²) in [6.45, 7) is 5.21. The average molecular weight is 577 g/mol. The van der Waals surface area contributed by atoms with Crippen LogP contribution in [-0.2, 0) is 26.2 Å². The lowest BCUT2D eigenvalue weighted by Crippen LogP contribution is -2.51. The minimum Gasteiger partial charge on any atom is -0.354 e. The summed E-state index contributed by atoms with van der Waals surface area (Å²) >= 11 is 12.6. The summed E-state index contributed by atoms with van der Waals surface area (Å²) in [5.41, 5.74) is 1.53. The average Bonchev–Trinajstić information content (AvgIpc) is 2.91. The van der Waals surface area contributed by atoms with Crippen LogP contribution in [0, 0.1) is 6.92 Å². The van der Waals surface area contributed by atoms with Gasteiger partial charge in [-0.05, 0) is 61.7 Å². The molecule has 38 heavy (non-hydrogen) atoms. The molecule has 0 fully saturated rings. The number of benzene rings is 3. The van der Waals surface area contributed by atoms with Gasteiger partial charge >= 0.3 is 0 Å². The van der Waals surface area contributed by atoms with Crippen LogP contribution in [0.5, 0.6) is 0 Å². The van der Waals surface area contributed by atoms with Crippen molar-refractivity contribution in [3.63, 3.8) is 0 Å². The fourth-order valence-corrected chi connectivity index (χ4v) is 5.73. The third-order valence-corrected chi connectivity index (χ3v) is 8.44. The molecule has 3 aromatic rings. The largest absolute Gasteiger partial charge is 0.354 e. The first-order valence-electron chi connectivity index (χ1n) is 12.2. The van der Waals surface area contributed by atoms with E-state index in [2.05, 4.69) is 5.32 Å². The van der Waals surface area contributed by atoms with E-state index in [-0.39, 0.29) is 23.0 Å². The van der Waals surface area contributed by atoms with Crippen LogP contribution in [0.15, 0.2) is 77.7 Å². The van der Waals surface area contributed by atoms with Gasteiger partial charge in [0.25, 0.3) is 10.0 Å². The fourth-order valence-electron chi connectivity index (χ4n) is 3.87. The van der Waals surface area contributed by atoms with Crippen LogP contribution in [0.1, 0.15) is 31.4 Å². The summed E-state index contributed by atoms with van der Waals surface area (Å²) in [5, 5.41) is 3.57. The van der Waals surface area contributed by atoms with E-state index >= 15 is 0 Å². The molecule has 0 saturated carbocycles. The highest BCUT2D eigenvalue weighted by atomic mass is 35.5. The standard InChI is InChI=1S/C28H31Cl2N3O4S/c1-4-16-31-28(35)21(3)32(18-22-10-8-9-13-25(22)30)27(34)19-33(26-17-23(29)15-14-20(26)2)38(36,37)24-11-6-5-7-12-24/h5-15,17,21H,4,16,18-19H2,1-3H3,(H,31,35). The molecule has 10 heteroatoms. The Kier molecular flexibility index (Phi) is 10.2.